The number of benzene rings is 2. The van der Waals surface area contributed by atoms with Crippen LogP contribution in [0.3, 0.4) is 0 Å². The molecule has 0 aliphatic rings. The highest BCUT2D eigenvalue weighted by molar-refractivity contribution is 6.42. The molecule has 0 spiro atoms. The smallest absolute Gasteiger partial charge is 0.303 e. The lowest BCUT2D eigenvalue weighted by Gasteiger charge is -2.19. The molecule has 8 heteroatoms. The summed E-state index contributed by atoms with van der Waals surface area (Å²) in [5.41, 5.74) is 1.72. The molecule has 158 valence electrons. The summed E-state index contributed by atoms with van der Waals surface area (Å²) in [6.07, 6.45) is 2.96. The van der Waals surface area contributed by atoms with E-state index in [4.69, 9.17) is 28.3 Å². The van der Waals surface area contributed by atoms with E-state index in [1.807, 2.05) is 19.9 Å². The summed E-state index contributed by atoms with van der Waals surface area (Å²) < 4.78 is 14.5. The molecule has 2 unspecified atom stereocenters. The number of hydrogen-bond acceptors (Lipinski definition) is 4. The van der Waals surface area contributed by atoms with Gasteiger partial charge in [0, 0.05) is 12.5 Å². The molecule has 0 aliphatic heterocycles. The number of halogens is 3. The van der Waals surface area contributed by atoms with Crippen molar-refractivity contribution in [1.29, 1.82) is 0 Å². The minimum absolute atomic E-state index is 0.00395. The minimum atomic E-state index is -0.799. The number of rotatable bonds is 8. The molecule has 1 aromatic heterocycles. The molecule has 1 heterocycles. The Hall–Kier alpha value is -2.44. The number of carbonyl (C=O) groups is 1. The molecule has 2 N–H and O–H groups in total. The molecular formula is C22H22Cl2FN3O2. The highest BCUT2D eigenvalue weighted by Crippen LogP contribution is 2.36. The summed E-state index contributed by atoms with van der Waals surface area (Å²) >= 11 is 12.2. The maximum absolute atomic E-state index is 14.5. The fraction of sp³-hybridized carbons (Fsp3) is 0.318. The standard InChI is InChI=1S/C22H22Cl2FN3O2/c1-12(9-19(29)30)3-4-13(2)28-22-20-15(14-5-7-16(23)17(24)10-14)6-8-18(25)21(20)26-11-27-22/h5-8,10-13H,3-4,9H2,1-2H3,(H,29,30)(H,26,27,28). The van der Waals surface area contributed by atoms with E-state index in [-0.39, 0.29) is 23.9 Å². The monoisotopic (exact) mass is 449 g/mol. The van der Waals surface area contributed by atoms with Gasteiger partial charge in [-0.1, -0.05) is 42.3 Å². The number of aliphatic carboxylic acids is 1. The quantitative estimate of drug-likeness (QED) is 0.414. The molecule has 5 nitrogen and oxygen atoms in total. The first-order chi connectivity index (χ1) is 14.3. The van der Waals surface area contributed by atoms with E-state index in [0.29, 0.717) is 21.2 Å². The Balaban J connectivity index is 1.94. The second kappa shape index (κ2) is 9.58. The molecule has 2 aromatic carbocycles. The molecule has 3 rings (SSSR count). The highest BCUT2D eigenvalue weighted by atomic mass is 35.5. The van der Waals surface area contributed by atoms with Gasteiger partial charge in [-0.05, 0) is 55.0 Å². The number of hydrogen-bond donors (Lipinski definition) is 2. The van der Waals surface area contributed by atoms with Gasteiger partial charge in [-0.15, -0.1) is 0 Å². The van der Waals surface area contributed by atoms with Crippen molar-refractivity contribution in [1.82, 2.24) is 9.97 Å². The number of nitrogens with one attached hydrogen (secondary N) is 1. The van der Waals surface area contributed by atoms with Crippen molar-refractivity contribution in [2.24, 2.45) is 5.92 Å². The Kier molecular flexibility index (Phi) is 7.10. The second-order valence-corrected chi connectivity index (χ2v) is 8.31. The van der Waals surface area contributed by atoms with Crippen molar-refractivity contribution in [2.45, 2.75) is 39.2 Å². The summed E-state index contributed by atoms with van der Waals surface area (Å²) in [7, 11) is 0. The van der Waals surface area contributed by atoms with Crippen LogP contribution >= 0.6 is 23.2 Å². The van der Waals surface area contributed by atoms with Crippen molar-refractivity contribution < 1.29 is 14.3 Å². The minimum Gasteiger partial charge on any atom is -0.481 e. The van der Waals surface area contributed by atoms with Gasteiger partial charge in [-0.2, -0.15) is 0 Å². The van der Waals surface area contributed by atoms with Gasteiger partial charge in [0.05, 0.1) is 15.4 Å². The van der Waals surface area contributed by atoms with E-state index in [2.05, 4.69) is 15.3 Å². The van der Waals surface area contributed by atoms with Crippen molar-refractivity contribution in [2.75, 3.05) is 5.32 Å². The third-order valence-corrected chi connectivity index (χ3v) is 5.71. The van der Waals surface area contributed by atoms with E-state index in [1.54, 1.807) is 18.2 Å². The molecule has 0 aliphatic carbocycles. The van der Waals surface area contributed by atoms with Crippen molar-refractivity contribution in [3.63, 3.8) is 0 Å². The van der Waals surface area contributed by atoms with Crippen LogP contribution in [0, 0.1) is 11.7 Å². The number of anilines is 1. The first kappa shape index (κ1) is 22.2. The summed E-state index contributed by atoms with van der Waals surface area (Å²) in [6, 6.07) is 8.28. The normalized spacial score (nSPS) is 13.2. The van der Waals surface area contributed by atoms with Gasteiger partial charge in [0.25, 0.3) is 0 Å². The van der Waals surface area contributed by atoms with Crippen LogP contribution in [-0.4, -0.2) is 27.1 Å². The van der Waals surface area contributed by atoms with Gasteiger partial charge in [0.1, 0.15) is 23.5 Å². The Labute approximate surface area is 184 Å². The van der Waals surface area contributed by atoms with Crippen molar-refractivity contribution in [3.05, 3.63) is 52.5 Å². The number of carboxylic acids is 1. The molecule has 30 heavy (non-hydrogen) atoms. The SMILES string of the molecule is CC(CCC(C)Nc1ncnc2c(F)ccc(-c3ccc(Cl)c(Cl)c3)c12)CC(=O)O. The zero-order valence-corrected chi connectivity index (χ0v) is 18.1. The Morgan fingerprint density at radius 2 is 1.90 bits per heavy atom. The first-order valence-corrected chi connectivity index (χ1v) is 10.4. The summed E-state index contributed by atoms with van der Waals surface area (Å²) in [4.78, 5) is 19.3. The van der Waals surface area contributed by atoms with Crippen LogP contribution in [0.15, 0.2) is 36.7 Å². The Morgan fingerprint density at radius 3 is 2.60 bits per heavy atom. The fourth-order valence-corrected chi connectivity index (χ4v) is 3.69. The van der Waals surface area contributed by atoms with Crippen molar-refractivity contribution >= 4 is 45.9 Å². The second-order valence-electron chi connectivity index (χ2n) is 7.50. The van der Waals surface area contributed by atoms with Crippen LogP contribution in [0.4, 0.5) is 10.2 Å². The number of nitrogens with zero attached hydrogens (tertiary/aromatic N) is 2. The molecule has 0 fully saturated rings. The maximum atomic E-state index is 14.5. The van der Waals surface area contributed by atoms with Gasteiger partial charge >= 0.3 is 5.97 Å². The van der Waals surface area contributed by atoms with Crippen LogP contribution in [0.1, 0.15) is 33.1 Å². The lowest BCUT2D eigenvalue weighted by Crippen LogP contribution is -2.18. The predicted octanol–water partition coefficient (Wildman–Crippen LogP) is 6.43. The topological polar surface area (TPSA) is 75.1 Å². The average molecular weight is 450 g/mol. The molecule has 0 bridgehead atoms. The molecule has 0 radical (unpaired) electrons. The summed E-state index contributed by atoms with van der Waals surface area (Å²) in [5, 5.41) is 13.6. The Morgan fingerprint density at radius 1 is 1.13 bits per heavy atom. The van der Waals surface area contributed by atoms with Crippen LogP contribution in [0.2, 0.25) is 10.0 Å². The van der Waals surface area contributed by atoms with E-state index in [0.717, 1.165) is 24.0 Å². The number of fused-ring (bicyclic) bond motifs is 1. The molecular weight excluding hydrogens is 428 g/mol. The van der Waals surface area contributed by atoms with E-state index >= 15 is 0 Å². The van der Waals surface area contributed by atoms with Crippen LogP contribution in [0.5, 0.6) is 0 Å². The van der Waals surface area contributed by atoms with Gasteiger partial charge in [-0.3, -0.25) is 4.79 Å². The molecule has 0 amide bonds. The molecule has 3 aromatic rings. The van der Waals surface area contributed by atoms with Gasteiger partial charge in [0.15, 0.2) is 0 Å². The van der Waals surface area contributed by atoms with E-state index in [9.17, 15) is 9.18 Å². The molecule has 2 atom stereocenters. The van der Waals surface area contributed by atoms with Gasteiger partial charge in [-0.25, -0.2) is 14.4 Å². The van der Waals surface area contributed by atoms with Gasteiger partial charge in [0.2, 0.25) is 0 Å². The Bertz CT molecular complexity index is 1080. The largest absolute Gasteiger partial charge is 0.481 e. The zero-order valence-electron chi connectivity index (χ0n) is 16.6. The number of carboxylic acid groups (broad SMARTS) is 1. The van der Waals surface area contributed by atoms with Crippen LogP contribution < -0.4 is 5.32 Å². The fourth-order valence-electron chi connectivity index (χ4n) is 3.39. The lowest BCUT2D eigenvalue weighted by molar-refractivity contribution is -0.138. The van der Waals surface area contributed by atoms with Crippen LogP contribution in [0.25, 0.3) is 22.0 Å². The van der Waals surface area contributed by atoms with Crippen LogP contribution in [-0.2, 0) is 4.79 Å². The lowest BCUT2D eigenvalue weighted by atomic mass is 9.98. The van der Waals surface area contributed by atoms with E-state index < -0.39 is 11.8 Å². The third-order valence-electron chi connectivity index (χ3n) is 4.97. The molecule has 0 saturated heterocycles. The maximum Gasteiger partial charge on any atom is 0.303 e. The van der Waals surface area contributed by atoms with Gasteiger partial charge < -0.3 is 10.4 Å². The average Bonchev–Trinajstić information content (AvgIpc) is 2.69. The zero-order chi connectivity index (χ0) is 21.8. The summed E-state index contributed by atoms with van der Waals surface area (Å²) in [5.74, 6) is -0.661. The third kappa shape index (κ3) is 5.18. The summed E-state index contributed by atoms with van der Waals surface area (Å²) in [6.45, 7) is 3.90. The predicted molar refractivity (Wildman–Crippen MR) is 119 cm³/mol. The van der Waals surface area contributed by atoms with E-state index in [1.165, 1.54) is 12.4 Å². The highest BCUT2D eigenvalue weighted by Gasteiger charge is 2.17. The first-order valence-electron chi connectivity index (χ1n) is 9.63. The van der Waals surface area contributed by atoms with Crippen molar-refractivity contribution in [3.8, 4) is 11.1 Å². The number of aromatic nitrogens is 2. The molecule has 0 saturated carbocycles.